The van der Waals surface area contributed by atoms with Crippen molar-refractivity contribution in [3.8, 4) is 0 Å². The quantitative estimate of drug-likeness (QED) is 0.151. The van der Waals surface area contributed by atoms with Gasteiger partial charge in [-0.25, -0.2) is 0 Å². The van der Waals surface area contributed by atoms with E-state index in [1.165, 1.54) is 0 Å². The molecule has 0 amide bonds. The molecule has 0 unspecified atom stereocenters. The van der Waals surface area contributed by atoms with E-state index in [4.69, 9.17) is 116 Å². The molecule has 5 aromatic carbocycles. The number of hydrogen-bond acceptors (Lipinski definition) is 2. The van der Waals surface area contributed by atoms with E-state index in [-0.39, 0.29) is 6.42 Å². The van der Waals surface area contributed by atoms with Crippen LogP contribution in [0.2, 0.25) is 40.2 Å². The molecule has 0 spiro atoms. The van der Waals surface area contributed by atoms with E-state index >= 15 is 0 Å². The van der Waals surface area contributed by atoms with Gasteiger partial charge in [0, 0.05) is 80.7 Å². The minimum Gasteiger partial charge on any atom is -0.314 e. The van der Waals surface area contributed by atoms with Gasteiger partial charge in [-0.2, -0.15) is 0 Å². The summed E-state index contributed by atoms with van der Waals surface area (Å²) >= 11 is 65.5. The van der Waals surface area contributed by atoms with Crippen LogP contribution in [-0.2, 0) is 0 Å². The average Bonchev–Trinajstić information content (AvgIpc) is 2.96. The second-order valence-corrected chi connectivity index (χ2v) is 15.8. The lowest BCUT2D eigenvalue weighted by molar-refractivity contribution is 0.885. The van der Waals surface area contributed by atoms with Crippen LogP contribution in [0.25, 0.3) is 5.57 Å². The SMILES string of the molecule is Clc1cc(Cl)cc(N(C2=CC=C(c3ccc(N(c4cc(Cl)cc(Cl)c4)c4cc(Cl)cc(Cl)c4)cc3)C(Cl)(Cl)C2)c2cc(Cl)cc(Cl)c2)c1. The maximum absolute atomic E-state index is 7.13. The fraction of sp³-hybridized carbons (Fsp3) is 0.0556. The van der Waals surface area contributed by atoms with Crippen LogP contribution in [-0.4, -0.2) is 4.33 Å². The summed E-state index contributed by atoms with van der Waals surface area (Å²) < 4.78 is -1.32. The van der Waals surface area contributed by atoms with Crippen molar-refractivity contribution in [1.29, 1.82) is 0 Å². The second-order valence-electron chi connectivity index (χ2n) is 10.8. The van der Waals surface area contributed by atoms with E-state index in [2.05, 4.69) is 0 Å². The van der Waals surface area contributed by atoms with Gasteiger partial charge in [0.2, 0.25) is 0 Å². The minimum absolute atomic E-state index is 0.228. The Morgan fingerprint density at radius 2 is 0.729 bits per heavy atom. The van der Waals surface area contributed by atoms with Crippen LogP contribution in [0.4, 0.5) is 28.4 Å². The summed E-state index contributed by atoms with van der Waals surface area (Å²) in [6.45, 7) is 0. The summed E-state index contributed by atoms with van der Waals surface area (Å²) in [5, 5.41) is 3.74. The molecule has 0 saturated heterocycles. The lowest BCUT2D eigenvalue weighted by Gasteiger charge is -2.35. The first-order valence-corrected chi connectivity index (χ1v) is 17.9. The smallest absolute Gasteiger partial charge is 0.149 e. The van der Waals surface area contributed by atoms with Crippen molar-refractivity contribution in [3.63, 3.8) is 0 Å². The molecular weight excluding hydrogens is 815 g/mol. The average molecular weight is 835 g/mol. The maximum Gasteiger partial charge on any atom is 0.149 e. The first-order chi connectivity index (χ1) is 22.8. The minimum atomic E-state index is -1.32. The van der Waals surface area contributed by atoms with E-state index < -0.39 is 4.33 Å². The van der Waals surface area contributed by atoms with Gasteiger partial charge in [-0.1, -0.05) is 134 Å². The summed E-state index contributed by atoms with van der Waals surface area (Å²) in [6, 6.07) is 28.8. The Kier molecular flexibility index (Phi) is 11.0. The highest BCUT2D eigenvalue weighted by Gasteiger charge is 2.36. The number of halogens is 10. The standard InChI is InChI=1S/C36H20Cl10N2/c37-21-7-22(38)12-31(11-21)47(32-13-23(39)8-24(40)14-32)29-3-1-20(2-4-29)35-6-5-30(19-36(35,45)46)48(33-15-25(41)9-26(42)16-33)34-17-27(43)10-28(44)18-34/h1-18H,19H2. The topological polar surface area (TPSA) is 6.48 Å². The summed E-state index contributed by atoms with van der Waals surface area (Å²) in [7, 11) is 0. The van der Waals surface area contributed by atoms with Gasteiger partial charge in [-0.05, 0) is 102 Å². The third-order valence-corrected chi connectivity index (χ3v) is 9.81. The van der Waals surface area contributed by atoms with E-state index in [0.29, 0.717) is 57.1 Å². The zero-order valence-corrected chi connectivity index (χ0v) is 31.8. The number of hydrogen-bond donors (Lipinski definition) is 0. The molecule has 1 aliphatic rings. The Labute approximate surface area is 328 Å². The molecule has 5 aromatic rings. The fourth-order valence-electron chi connectivity index (χ4n) is 5.54. The molecule has 0 atom stereocenters. The molecule has 0 bridgehead atoms. The third kappa shape index (κ3) is 8.17. The number of anilines is 5. The van der Waals surface area contributed by atoms with Crippen molar-refractivity contribution in [2.24, 2.45) is 0 Å². The van der Waals surface area contributed by atoms with Crippen molar-refractivity contribution >= 4 is 150 Å². The van der Waals surface area contributed by atoms with Crippen molar-refractivity contribution in [1.82, 2.24) is 0 Å². The molecule has 244 valence electrons. The first-order valence-electron chi connectivity index (χ1n) is 14.1. The van der Waals surface area contributed by atoms with Crippen molar-refractivity contribution in [2.45, 2.75) is 10.8 Å². The lowest BCUT2D eigenvalue weighted by atomic mass is 9.93. The van der Waals surface area contributed by atoms with Crippen LogP contribution in [0.1, 0.15) is 12.0 Å². The summed E-state index contributed by atoms with van der Waals surface area (Å²) in [4.78, 5) is 3.88. The van der Waals surface area contributed by atoms with Crippen molar-refractivity contribution in [2.75, 3.05) is 9.80 Å². The Balaban J connectivity index is 1.42. The van der Waals surface area contributed by atoms with Gasteiger partial charge in [-0.3, -0.25) is 0 Å². The lowest BCUT2D eigenvalue weighted by Crippen LogP contribution is -2.27. The van der Waals surface area contributed by atoms with E-state index in [1.807, 2.05) is 46.2 Å². The van der Waals surface area contributed by atoms with Crippen LogP contribution in [0.5, 0.6) is 0 Å². The highest BCUT2D eigenvalue weighted by Crippen LogP contribution is 2.49. The molecule has 0 saturated carbocycles. The van der Waals surface area contributed by atoms with E-state index in [1.54, 1.807) is 72.8 Å². The van der Waals surface area contributed by atoms with Crippen molar-refractivity contribution in [3.05, 3.63) is 161 Å². The summed E-state index contributed by atoms with van der Waals surface area (Å²) in [6.07, 6.45) is 4.07. The van der Waals surface area contributed by atoms with Crippen LogP contribution in [0, 0.1) is 0 Å². The predicted octanol–water partition coefficient (Wildman–Crippen LogP) is 16.1. The molecule has 2 nitrogen and oxygen atoms in total. The zero-order chi connectivity index (χ0) is 34.3. The predicted molar refractivity (Wildman–Crippen MR) is 211 cm³/mol. The number of rotatable bonds is 7. The number of benzene rings is 5. The first kappa shape index (κ1) is 35.9. The third-order valence-electron chi connectivity index (χ3n) is 7.39. The molecule has 0 radical (unpaired) electrons. The van der Waals surface area contributed by atoms with Crippen LogP contribution in [0.3, 0.4) is 0 Å². The summed E-state index contributed by atoms with van der Waals surface area (Å²) in [5.74, 6) is 0. The molecular formula is C36H20Cl10N2. The van der Waals surface area contributed by atoms with E-state index in [0.717, 1.165) is 28.3 Å². The Hall–Kier alpha value is -1.92. The Morgan fingerprint density at radius 3 is 1.06 bits per heavy atom. The summed E-state index contributed by atoms with van der Waals surface area (Å²) in [5.41, 5.74) is 5.88. The highest BCUT2D eigenvalue weighted by atomic mass is 35.5. The van der Waals surface area contributed by atoms with Gasteiger partial charge in [0.1, 0.15) is 4.33 Å². The normalized spacial score (nSPS) is 14.0. The van der Waals surface area contributed by atoms with Gasteiger partial charge >= 0.3 is 0 Å². The van der Waals surface area contributed by atoms with Gasteiger partial charge in [0.25, 0.3) is 0 Å². The van der Waals surface area contributed by atoms with Gasteiger partial charge in [0.15, 0.2) is 0 Å². The molecule has 48 heavy (non-hydrogen) atoms. The largest absolute Gasteiger partial charge is 0.314 e. The maximum atomic E-state index is 7.13. The number of alkyl halides is 2. The molecule has 0 aromatic heterocycles. The van der Waals surface area contributed by atoms with Crippen LogP contribution in [0.15, 0.2) is 115 Å². The Morgan fingerprint density at radius 1 is 0.396 bits per heavy atom. The molecule has 12 heteroatoms. The zero-order valence-electron chi connectivity index (χ0n) is 24.3. The van der Waals surface area contributed by atoms with Gasteiger partial charge < -0.3 is 9.80 Å². The number of nitrogens with zero attached hydrogens (tertiary/aromatic N) is 2. The molecule has 0 aliphatic heterocycles. The monoisotopic (exact) mass is 830 g/mol. The Bertz CT molecular complexity index is 1910. The van der Waals surface area contributed by atoms with Crippen LogP contribution >= 0.6 is 116 Å². The highest BCUT2D eigenvalue weighted by molar-refractivity contribution is 6.54. The van der Waals surface area contributed by atoms with Gasteiger partial charge in [-0.15, -0.1) is 0 Å². The molecule has 1 aliphatic carbocycles. The van der Waals surface area contributed by atoms with Gasteiger partial charge in [0.05, 0.1) is 0 Å². The molecule has 0 heterocycles. The molecule has 0 fully saturated rings. The molecule has 6 rings (SSSR count). The fourth-order valence-corrected chi connectivity index (χ4v) is 8.21. The van der Waals surface area contributed by atoms with Crippen molar-refractivity contribution < 1.29 is 0 Å². The van der Waals surface area contributed by atoms with E-state index in [9.17, 15) is 0 Å². The number of allylic oxidation sites excluding steroid dienone is 4. The van der Waals surface area contributed by atoms with Crippen LogP contribution < -0.4 is 9.80 Å². The second kappa shape index (κ2) is 14.7. The molecule has 0 N–H and O–H groups in total.